The minimum absolute atomic E-state index is 0.0815. The van der Waals surface area contributed by atoms with E-state index in [0.29, 0.717) is 0 Å². The first-order valence-electron chi connectivity index (χ1n) is 5.99. The van der Waals surface area contributed by atoms with Crippen LogP contribution < -0.4 is 4.90 Å². The number of benzene rings is 1. The number of anilines is 1. The number of hydrogen-bond acceptors (Lipinski definition) is 4. The molecule has 0 radical (unpaired) electrons. The molecule has 1 saturated heterocycles. The quantitative estimate of drug-likeness (QED) is 0.878. The number of halogens is 2. The molecule has 1 unspecified atom stereocenters. The summed E-state index contributed by atoms with van der Waals surface area (Å²) in [7, 11) is 0. The van der Waals surface area contributed by atoms with Gasteiger partial charge in [-0.25, -0.2) is 9.18 Å². The van der Waals surface area contributed by atoms with E-state index >= 15 is 0 Å². The molecular weight excluding hydrogens is 365 g/mol. The number of aromatic carboxylic acids is 1. The number of carboxylic acids is 1. The second-order valence-corrected chi connectivity index (χ2v) is 6.86. The van der Waals surface area contributed by atoms with Gasteiger partial charge in [0.1, 0.15) is 5.82 Å². The van der Waals surface area contributed by atoms with E-state index in [-0.39, 0.29) is 45.0 Å². The maximum Gasteiger partial charge on any atom is 0.337 e. The van der Waals surface area contributed by atoms with Crippen LogP contribution in [-0.2, 0) is 9.59 Å². The number of amides is 1. The second kappa shape index (κ2) is 6.15. The van der Waals surface area contributed by atoms with Crippen LogP contribution in [0.5, 0.6) is 0 Å². The summed E-state index contributed by atoms with van der Waals surface area (Å²) in [5.74, 6) is -2.31. The van der Waals surface area contributed by atoms with Crippen LogP contribution >= 0.6 is 27.7 Å². The van der Waals surface area contributed by atoms with Crippen LogP contribution in [0.15, 0.2) is 16.6 Å². The molecule has 1 aliphatic rings. The lowest BCUT2D eigenvalue weighted by atomic mass is 10.1. The normalized spacial score (nSPS) is 18.1. The van der Waals surface area contributed by atoms with Crippen molar-refractivity contribution >= 4 is 50.4 Å². The van der Waals surface area contributed by atoms with Crippen molar-refractivity contribution in [3.63, 3.8) is 0 Å². The van der Waals surface area contributed by atoms with Gasteiger partial charge in [-0.3, -0.25) is 9.59 Å². The van der Waals surface area contributed by atoms with Gasteiger partial charge in [0.25, 0.3) is 0 Å². The van der Waals surface area contributed by atoms with Crippen molar-refractivity contribution in [2.24, 2.45) is 0 Å². The van der Waals surface area contributed by atoms with E-state index in [1.165, 1.54) is 17.9 Å². The summed E-state index contributed by atoms with van der Waals surface area (Å²) in [6.45, 7) is 1.64. The topological polar surface area (TPSA) is 74.7 Å². The molecule has 0 spiro atoms. The molecule has 1 aromatic rings. The van der Waals surface area contributed by atoms with Crippen molar-refractivity contribution in [2.45, 2.75) is 18.6 Å². The smallest absolute Gasteiger partial charge is 0.337 e. The first-order valence-corrected chi connectivity index (χ1v) is 7.66. The van der Waals surface area contributed by atoms with Crippen LogP contribution in [0.3, 0.4) is 0 Å². The Morgan fingerprint density at radius 2 is 2.14 bits per heavy atom. The number of rotatable bonds is 3. The lowest BCUT2D eigenvalue weighted by Gasteiger charge is -2.19. The molecule has 5 nitrogen and oxygen atoms in total. The van der Waals surface area contributed by atoms with Gasteiger partial charge in [-0.15, -0.1) is 0 Å². The molecule has 0 aliphatic carbocycles. The van der Waals surface area contributed by atoms with E-state index < -0.39 is 11.8 Å². The van der Waals surface area contributed by atoms with Crippen molar-refractivity contribution < 1.29 is 23.9 Å². The van der Waals surface area contributed by atoms with Crippen LogP contribution in [-0.4, -0.2) is 33.9 Å². The van der Waals surface area contributed by atoms with Gasteiger partial charge in [0.2, 0.25) is 5.91 Å². The first-order chi connectivity index (χ1) is 9.79. The van der Waals surface area contributed by atoms with Crippen molar-refractivity contribution in [1.82, 2.24) is 0 Å². The highest BCUT2D eigenvalue weighted by Gasteiger charge is 2.34. The summed E-state index contributed by atoms with van der Waals surface area (Å²) in [5, 5.41) is 8.83. The van der Waals surface area contributed by atoms with Crippen LogP contribution in [0.25, 0.3) is 0 Å². The van der Waals surface area contributed by atoms with Crippen LogP contribution in [0, 0.1) is 5.82 Å². The van der Waals surface area contributed by atoms with Crippen molar-refractivity contribution in [3.05, 3.63) is 28.0 Å². The summed E-state index contributed by atoms with van der Waals surface area (Å²) in [6, 6.07) is 2.15. The van der Waals surface area contributed by atoms with E-state index in [0.717, 1.165) is 17.8 Å². The standard InChI is InChI=1S/C13H11BrFNO4S/c1-6(17)21-7-2-12(18)16(5-7)11-4-9(14)10(15)3-8(11)13(19)20/h3-4,7H,2,5H2,1H3,(H,19,20). The molecule has 1 fully saturated rings. The fourth-order valence-electron chi connectivity index (χ4n) is 2.15. The Labute approximate surface area is 132 Å². The van der Waals surface area contributed by atoms with Gasteiger partial charge in [-0.2, -0.15) is 0 Å². The van der Waals surface area contributed by atoms with Crippen molar-refractivity contribution in [1.29, 1.82) is 0 Å². The highest BCUT2D eigenvalue weighted by molar-refractivity contribution is 9.10. The Morgan fingerprint density at radius 3 is 2.71 bits per heavy atom. The van der Waals surface area contributed by atoms with Gasteiger partial charge in [0, 0.05) is 25.1 Å². The average Bonchev–Trinajstić information content (AvgIpc) is 2.71. The minimum Gasteiger partial charge on any atom is -0.478 e. The van der Waals surface area contributed by atoms with Gasteiger partial charge in [-0.1, -0.05) is 11.8 Å². The third-order valence-corrected chi connectivity index (χ3v) is 4.57. The molecule has 112 valence electrons. The Hall–Kier alpha value is -1.41. The third kappa shape index (κ3) is 3.44. The zero-order chi connectivity index (χ0) is 15.7. The van der Waals surface area contributed by atoms with Gasteiger partial charge in [0.15, 0.2) is 5.12 Å². The Balaban J connectivity index is 2.37. The van der Waals surface area contributed by atoms with Crippen LogP contribution in [0.2, 0.25) is 0 Å². The first kappa shape index (κ1) is 16.0. The molecule has 8 heteroatoms. The molecule has 1 amide bonds. The lowest BCUT2D eigenvalue weighted by Crippen LogP contribution is -2.27. The molecule has 1 aliphatic heterocycles. The highest BCUT2D eigenvalue weighted by atomic mass is 79.9. The molecule has 0 saturated carbocycles. The predicted molar refractivity (Wildman–Crippen MR) is 80.1 cm³/mol. The Kier molecular flexibility index (Phi) is 4.67. The molecule has 0 bridgehead atoms. The van der Waals surface area contributed by atoms with E-state index in [2.05, 4.69) is 15.9 Å². The van der Waals surface area contributed by atoms with E-state index in [1.807, 2.05) is 0 Å². The number of nitrogens with zero attached hydrogens (tertiary/aromatic N) is 1. The zero-order valence-electron chi connectivity index (χ0n) is 10.9. The second-order valence-electron chi connectivity index (χ2n) is 4.53. The number of hydrogen-bond donors (Lipinski definition) is 1. The highest BCUT2D eigenvalue weighted by Crippen LogP contribution is 2.33. The minimum atomic E-state index is -1.31. The molecule has 2 rings (SSSR count). The van der Waals surface area contributed by atoms with Gasteiger partial charge >= 0.3 is 5.97 Å². The molecule has 1 aromatic carbocycles. The van der Waals surface area contributed by atoms with Gasteiger partial charge in [0.05, 0.1) is 15.7 Å². The SMILES string of the molecule is CC(=O)SC1CC(=O)N(c2cc(Br)c(F)cc2C(=O)O)C1. The maximum atomic E-state index is 13.5. The van der Waals surface area contributed by atoms with E-state index in [1.54, 1.807) is 0 Å². The molecule has 21 heavy (non-hydrogen) atoms. The summed E-state index contributed by atoms with van der Waals surface area (Å²) < 4.78 is 13.6. The van der Waals surface area contributed by atoms with Gasteiger partial charge in [-0.05, 0) is 28.1 Å². The summed E-state index contributed by atoms with van der Waals surface area (Å²) in [5.41, 5.74) is -0.148. The maximum absolute atomic E-state index is 13.5. The third-order valence-electron chi connectivity index (χ3n) is 2.98. The average molecular weight is 376 g/mol. The number of carbonyl (C=O) groups excluding carboxylic acids is 2. The van der Waals surface area contributed by atoms with Crippen molar-refractivity contribution in [3.8, 4) is 0 Å². The fourth-order valence-corrected chi connectivity index (χ4v) is 3.40. The van der Waals surface area contributed by atoms with Gasteiger partial charge < -0.3 is 10.0 Å². The fraction of sp³-hybridized carbons (Fsp3) is 0.308. The molecule has 1 N–H and O–H groups in total. The summed E-state index contributed by atoms with van der Waals surface area (Å²) in [4.78, 5) is 35.7. The van der Waals surface area contributed by atoms with Crippen LogP contribution in [0.4, 0.5) is 10.1 Å². The number of carbonyl (C=O) groups is 3. The van der Waals surface area contributed by atoms with E-state index in [9.17, 15) is 18.8 Å². The lowest BCUT2D eigenvalue weighted by molar-refractivity contribution is -0.117. The number of carboxylic acid groups (broad SMARTS) is 1. The van der Waals surface area contributed by atoms with Crippen LogP contribution in [0.1, 0.15) is 23.7 Å². The summed E-state index contributed by atoms with van der Waals surface area (Å²) in [6.07, 6.45) is 0.151. The predicted octanol–water partition coefficient (Wildman–Crippen LogP) is 2.67. The Bertz CT molecular complexity index is 637. The summed E-state index contributed by atoms with van der Waals surface area (Å²) >= 11 is 4.04. The molecule has 1 atom stereocenters. The largest absolute Gasteiger partial charge is 0.478 e. The number of thioether (sulfide) groups is 1. The zero-order valence-corrected chi connectivity index (χ0v) is 13.3. The molecule has 1 heterocycles. The molecular formula is C13H11BrFNO4S. The Morgan fingerprint density at radius 1 is 1.48 bits per heavy atom. The van der Waals surface area contributed by atoms with E-state index in [4.69, 9.17) is 5.11 Å². The monoisotopic (exact) mass is 375 g/mol. The van der Waals surface area contributed by atoms with Crippen molar-refractivity contribution in [2.75, 3.05) is 11.4 Å². The molecule has 0 aromatic heterocycles.